The van der Waals surface area contributed by atoms with E-state index in [0.717, 1.165) is 23.2 Å². The molecule has 0 aromatic carbocycles. The molecule has 2 rings (SSSR count). The summed E-state index contributed by atoms with van der Waals surface area (Å²) in [5.74, 6) is 1.45. The van der Waals surface area contributed by atoms with Crippen molar-refractivity contribution in [3.63, 3.8) is 0 Å². The second-order valence-corrected chi connectivity index (χ2v) is 3.26. The molecular formula is C7H9N5S. The second-order valence-electron chi connectivity index (χ2n) is 2.73. The van der Waals surface area contributed by atoms with Crippen LogP contribution >= 0.6 is 11.7 Å². The zero-order chi connectivity index (χ0) is 9.26. The SMILES string of the molecule is Cn1ccnc1Cc1nsnc1N. The number of hydrogen-bond acceptors (Lipinski definition) is 5. The molecule has 0 aliphatic heterocycles. The van der Waals surface area contributed by atoms with Gasteiger partial charge in [0.1, 0.15) is 11.5 Å². The number of nitrogen functional groups attached to an aromatic ring is 1. The molecule has 0 fully saturated rings. The van der Waals surface area contributed by atoms with Crippen LogP contribution in [-0.2, 0) is 13.5 Å². The molecule has 13 heavy (non-hydrogen) atoms. The van der Waals surface area contributed by atoms with Gasteiger partial charge in [-0.25, -0.2) is 4.98 Å². The lowest BCUT2D eigenvalue weighted by molar-refractivity contribution is 0.816. The molecule has 0 saturated heterocycles. The van der Waals surface area contributed by atoms with Crippen LogP contribution in [-0.4, -0.2) is 18.3 Å². The molecule has 0 spiro atoms. The highest BCUT2D eigenvalue weighted by Crippen LogP contribution is 2.11. The van der Waals surface area contributed by atoms with E-state index in [2.05, 4.69) is 13.7 Å². The summed E-state index contributed by atoms with van der Waals surface area (Å²) in [6, 6.07) is 0. The van der Waals surface area contributed by atoms with Crippen molar-refractivity contribution in [3.8, 4) is 0 Å². The Hall–Kier alpha value is -1.43. The topological polar surface area (TPSA) is 69.6 Å². The van der Waals surface area contributed by atoms with Crippen LogP contribution in [0.2, 0.25) is 0 Å². The maximum absolute atomic E-state index is 5.61. The van der Waals surface area contributed by atoms with Crippen LogP contribution in [0.4, 0.5) is 5.82 Å². The smallest absolute Gasteiger partial charge is 0.161 e. The summed E-state index contributed by atoms with van der Waals surface area (Å²) in [5.41, 5.74) is 6.41. The Labute approximate surface area is 79.6 Å². The molecule has 0 unspecified atom stereocenters. The number of hydrogen-bond donors (Lipinski definition) is 1. The van der Waals surface area contributed by atoms with Crippen LogP contribution in [0, 0.1) is 0 Å². The van der Waals surface area contributed by atoms with E-state index in [1.807, 2.05) is 17.8 Å². The normalized spacial score (nSPS) is 10.5. The lowest BCUT2D eigenvalue weighted by Crippen LogP contribution is -2.01. The first-order chi connectivity index (χ1) is 6.27. The molecule has 0 radical (unpaired) electrons. The quantitative estimate of drug-likeness (QED) is 0.755. The van der Waals surface area contributed by atoms with Gasteiger partial charge in [0.15, 0.2) is 5.82 Å². The molecule has 5 nitrogen and oxygen atoms in total. The summed E-state index contributed by atoms with van der Waals surface area (Å²) in [6.07, 6.45) is 4.29. The summed E-state index contributed by atoms with van der Waals surface area (Å²) in [5, 5.41) is 0. The second kappa shape index (κ2) is 3.14. The molecule has 0 amide bonds. The maximum atomic E-state index is 5.61. The highest BCUT2D eigenvalue weighted by atomic mass is 32.1. The van der Waals surface area contributed by atoms with Gasteiger partial charge in [0.05, 0.1) is 18.1 Å². The van der Waals surface area contributed by atoms with Gasteiger partial charge >= 0.3 is 0 Å². The van der Waals surface area contributed by atoms with E-state index >= 15 is 0 Å². The maximum Gasteiger partial charge on any atom is 0.161 e. The van der Waals surface area contributed by atoms with Gasteiger partial charge in [0, 0.05) is 19.4 Å². The zero-order valence-electron chi connectivity index (χ0n) is 7.14. The third-order valence-electron chi connectivity index (χ3n) is 1.83. The third-order valence-corrected chi connectivity index (χ3v) is 2.41. The first-order valence-corrected chi connectivity index (χ1v) is 4.53. The molecule has 2 heterocycles. The Morgan fingerprint density at radius 1 is 1.54 bits per heavy atom. The minimum absolute atomic E-state index is 0.507. The fourth-order valence-corrected chi connectivity index (χ4v) is 1.54. The number of nitrogens with zero attached hydrogens (tertiary/aromatic N) is 4. The standard InChI is InChI=1S/C7H9N5S/c1-12-3-2-9-6(12)4-5-7(8)11-13-10-5/h2-3H,4H2,1H3,(H2,8,11). The Balaban J connectivity index is 2.24. The van der Waals surface area contributed by atoms with Gasteiger partial charge < -0.3 is 10.3 Å². The Morgan fingerprint density at radius 2 is 2.38 bits per heavy atom. The number of anilines is 1. The number of aryl methyl sites for hydroxylation is 1. The minimum atomic E-state index is 0.507. The van der Waals surface area contributed by atoms with Crippen molar-refractivity contribution in [2.45, 2.75) is 6.42 Å². The zero-order valence-corrected chi connectivity index (χ0v) is 7.95. The Kier molecular flexibility index (Phi) is 1.97. The monoisotopic (exact) mass is 195 g/mol. The molecule has 6 heteroatoms. The van der Waals surface area contributed by atoms with Gasteiger partial charge in [-0.15, -0.1) is 0 Å². The van der Waals surface area contributed by atoms with E-state index in [1.54, 1.807) is 6.20 Å². The summed E-state index contributed by atoms with van der Waals surface area (Å²) in [6.45, 7) is 0. The first kappa shape index (κ1) is 8.18. The first-order valence-electron chi connectivity index (χ1n) is 3.80. The lowest BCUT2D eigenvalue weighted by atomic mass is 10.3. The van der Waals surface area contributed by atoms with Gasteiger partial charge in [-0.3, -0.25) is 0 Å². The summed E-state index contributed by atoms with van der Waals surface area (Å²) in [7, 11) is 1.94. The average molecular weight is 195 g/mol. The van der Waals surface area contributed by atoms with E-state index in [0.29, 0.717) is 12.2 Å². The van der Waals surface area contributed by atoms with Crippen molar-refractivity contribution in [1.29, 1.82) is 0 Å². The predicted molar refractivity (Wildman–Crippen MR) is 50.3 cm³/mol. The van der Waals surface area contributed by atoms with Gasteiger partial charge in [-0.05, 0) is 0 Å². The van der Waals surface area contributed by atoms with E-state index in [4.69, 9.17) is 5.73 Å². The number of rotatable bonds is 2. The number of aromatic nitrogens is 4. The molecule has 0 atom stereocenters. The Bertz CT molecular complexity index is 366. The minimum Gasteiger partial charge on any atom is -0.381 e. The van der Waals surface area contributed by atoms with E-state index in [9.17, 15) is 0 Å². The van der Waals surface area contributed by atoms with E-state index in [-0.39, 0.29) is 0 Å². The Morgan fingerprint density at radius 3 is 2.92 bits per heavy atom. The van der Waals surface area contributed by atoms with E-state index < -0.39 is 0 Å². The van der Waals surface area contributed by atoms with Gasteiger partial charge in [-0.2, -0.15) is 8.75 Å². The lowest BCUT2D eigenvalue weighted by Gasteiger charge is -1.98. The van der Waals surface area contributed by atoms with Crippen molar-refractivity contribution in [3.05, 3.63) is 23.9 Å². The van der Waals surface area contributed by atoms with Crippen LogP contribution in [0.5, 0.6) is 0 Å². The highest BCUT2D eigenvalue weighted by molar-refractivity contribution is 6.99. The van der Waals surface area contributed by atoms with Crippen molar-refractivity contribution in [1.82, 2.24) is 18.3 Å². The molecule has 0 saturated carbocycles. The highest BCUT2D eigenvalue weighted by Gasteiger charge is 2.07. The van der Waals surface area contributed by atoms with Crippen molar-refractivity contribution < 1.29 is 0 Å². The molecule has 0 bridgehead atoms. The largest absolute Gasteiger partial charge is 0.381 e. The van der Waals surface area contributed by atoms with E-state index in [1.165, 1.54) is 0 Å². The van der Waals surface area contributed by atoms with Crippen molar-refractivity contribution >= 4 is 17.5 Å². The van der Waals surface area contributed by atoms with Crippen LogP contribution in [0.1, 0.15) is 11.5 Å². The third kappa shape index (κ3) is 1.52. The molecule has 0 aliphatic rings. The fourth-order valence-electron chi connectivity index (χ4n) is 1.05. The average Bonchev–Trinajstić information content (AvgIpc) is 2.65. The molecule has 0 aliphatic carbocycles. The van der Waals surface area contributed by atoms with Gasteiger partial charge in [0.2, 0.25) is 0 Å². The summed E-state index contributed by atoms with van der Waals surface area (Å²) in [4.78, 5) is 4.18. The molecular weight excluding hydrogens is 186 g/mol. The molecule has 2 N–H and O–H groups in total. The number of imidazole rings is 1. The molecule has 68 valence electrons. The summed E-state index contributed by atoms with van der Waals surface area (Å²) < 4.78 is 9.93. The molecule has 2 aromatic heterocycles. The van der Waals surface area contributed by atoms with Crippen molar-refractivity contribution in [2.24, 2.45) is 7.05 Å². The van der Waals surface area contributed by atoms with Gasteiger partial charge in [-0.1, -0.05) is 0 Å². The summed E-state index contributed by atoms with van der Waals surface area (Å²) >= 11 is 1.13. The van der Waals surface area contributed by atoms with Crippen molar-refractivity contribution in [2.75, 3.05) is 5.73 Å². The fraction of sp³-hybridized carbons (Fsp3) is 0.286. The van der Waals surface area contributed by atoms with Crippen LogP contribution in [0.3, 0.4) is 0 Å². The number of nitrogens with two attached hydrogens (primary N) is 1. The van der Waals surface area contributed by atoms with Gasteiger partial charge in [0.25, 0.3) is 0 Å². The predicted octanol–water partition coefficient (Wildman–Crippen LogP) is 0.445. The van der Waals surface area contributed by atoms with Crippen LogP contribution < -0.4 is 5.73 Å². The van der Waals surface area contributed by atoms with Crippen LogP contribution in [0.25, 0.3) is 0 Å². The van der Waals surface area contributed by atoms with Crippen LogP contribution in [0.15, 0.2) is 12.4 Å². The molecule has 2 aromatic rings.